The molecule has 1 aromatic carbocycles. The second-order valence-electron chi connectivity index (χ2n) is 5.06. The van der Waals surface area contributed by atoms with Crippen molar-refractivity contribution in [3.63, 3.8) is 0 Å². The van der Waals surface area contributed by atoms with Crippen LogP contribution < -0.4 is 5.32 Å². The van der Waals surface area contributed by atoms with E-state index in [1.807, 2.05) is 12.1 Å². The fraction of sp³-hybridized carbons (Fsp3) is 0.500. The molecule has 0 spiro atoms. The smallest absolute Gasteiger partial charge is 0.337 e. The van der Waals surface area contributed by atoms with Crippen LogP contribution in [0.25, 0.3) is 0 Å². The van der Waals surface area contributed by atoms with Crippen LogP contribution in [-0.4, -0.2) is 29.8 Å². The lowest BCUT2D eigenvalue weighted by Crippen LogP contribution is -2.31. The average molecular weight is 247 g/mol. The van der Waals surface area contributed by atoms with Gasteiger partial charge in [-0.1, -0.05) is 12.1 Å². The van der Waals surface area contributed by atoms with Crippen molar-refractivity contribution in [2.45, 2.75) is 31.4 Å². The van der Waals surface area contributed by atoms with Crippen LogP contribution in [0, 0.1) is 5.92 Å². The van der Waals surface area contributed by atoms with E-state index >= 15 is 0 Å². The third-order valence-corrected chi connectivity index (χ3v) is 3.72. The number of rotatable bonds is 4. The molecule has 1 aliphatic carbocycles. The molecule has 0 amide bonds. The maximum Gasteiger partial charge on any atom is 0.337 e. The summed E-state index contributed by atoms with van der Waals surface area (Å²) in [5.41, 5.74) is 1.03. The van der Waals surface area contributed by atoms with Gasteiger partial charge in [-0.15, -0.1) is 0 Å². The molecule has 18 heavy (non-hydrogen) atoms. The molecule has 1 saturated carbocycles. The number of aromatic carboxylic acids is 1. The molecule has 4 heteroatoms. The molecule has 3 rings (SSSR count). The van der Waals surface area contributed by atoms with Gasteiger partial charge in [-0.2, -0.15) is 0 Å². The van der Waals surface area contributed by atoms with Crippen molar-refractivity contribution in [2.75, 3.05) is 11.9 Å². The number of benzene rings is 1. The summed E-state index contributed by atoms with van der Waals surface area (Å²) < 4.78 is 5.75. The molecule has 0 radical (unpaired) electrons. The van der Waals surface area contributed by atoms with Crippen molar-refractivity contribution in [1.82, 2.24) is 0 Å². The van der Waals surface area contributed by atoms with Crippen molar-refractivity contribution >= 4 is 11.7 Å². The van der Waals surface area contributed by atoms with Gasteiger partial charge >= 0.3 is 5.97 Å². The minimum Gasteiger partial charge on any atom is -0.478 e. The minimum absolute atomic E-state index is 0.248. The lowest BCUT2D eigenvalue weighted by atomic mass is 10.0. The van der Waals surface area contributed by atoms with Gasteiger partial charge in [-0.3, -0.25) is 0 Å². The third kappa shape index (κ3) is 2.20. The van der Waals surface area contributed by atoms with Gasteiger partial charge in [0, 0.05) is 12.3 Å². The van der Waals surface area contributed by atoms with Crippen LogP contribution in [0.1, 0.15) is 29.6 Å². The normalized spacial score (nSPS) is 27.1. The molecule has 2 unspecified atom stereocenters. The van der Waals surface area contributed by atoms with E-state index in [0.29, 0.717) is 17.2 Å². The number of para-hydroxylation sites is 1. The van der Waals surface area contributed by atoms with Crippen molar-refractivity contribution in [2.24, 2.45) is 5.92 Å². The maximum absolute atomic E-state index is 11.2. The Morgan fingerprint density at radius 3 is 2.78 bits per heavy atom. The second kappa shape index (κ2) is 4.61. The Labute approximate surface area is 106 Å². The number of carbonyl (C=O) groups is 1. The first-order chi connectivity index (χ1) is 8.75. The van der Waals surface area contributed by atoms with Crippen molar-refractivity contribution in [1.29, 1.82) is 0 Å². The zero-order valence-corrected chi connectivity index (χ0v) is 10.1. The molecule has 1 heterocycles. The van der Waals surface area contributed by atoms with Gasteiger partial charge in [0.25, 0.3) is 0 Å². The average Bonchev–Trinajstić information content (AvgIpc) is 3.11. The monoisotopic (exact) mass is 247 g/mol. The molecule has 2 atom stereocenters. The maximum atomic E-state index is 11.2. The zero-order valence-electron chi connectivity index (χ0n) is 10.1. The first kappa shape index (κ1) is 11.5. The van der Waals surface area contributed by atoms with Gasteiger partial charge < -0.3 is 15.2 Å². The van der Waals surface area contributed by atoms with Gasteiger partial charge in [0.05, 0.1) is 17.7 Å². The summed E-state index contributed by atoms with van der Waals surface area (Å²) in [7, 11) is 0. The Hall–Kier alpha value is -1.55. The van der Waals surface area contributed by atoms with Crippen molar-refractivity contribution in [3.8, 4) is 0 Å². The quantitative estimate of drug-likeness (QED) is 0.857. The van der Waals surface area contributed by atoms with Gasteiger partial charge in [-0.05, 0) is 37.3 Å². The Morgan fingerprint density at radius 1 is 1.28 bits per heavy atom. The summed E-state index contributed by atoms with van der Waals surface area (Å²) in [6, 6.07) is 7.31. The van der Waals surface area contributed by atoms with E-state index in [9.17, 15) is 4.79 Å². The van der Waals surface area contributed by atoms with Gasteiger partial charge in [-0.25, -0.2) is 4.79 Å². The van der Waals surface area contributed by atoms with Gasteiger partial charge in [0.2, 0.25) is 0 Å². The van der Waals surface area contributed by atoms with Crippen LogP contribution in [0.2, 0.25) is 0 Å². The van der Waals surface area contributed by atoms with E-state index in [1.165, 1.54) is 12.8 Å². The van der Waals surface area contributed by atoms with E-state index in [1.54, 1.807) is 12.1 Å². The number of carboxylic acids is 1. The Morgan fingerprint density at radius 2 is 2.06 bits per heavy atom. The standard InChI is InChI=1S/C14H17NO3/c16-14(17)10-3-1-2-4-11(10)15-12-7-8-18-13(12)9-5-6-9/h1-4,9,12-13,15H,5-8H2,(H,16,17). The highest BCUT2D eigenvalue weighted by Crippen LogP contribution is 2.39. The first-order valence-corrected chi connectivity index (χ1v) is 6.46. The molecule has 1 saturated heterocycles. The Kier molecular flexibility index (Phi) is 2.96. The van der Waals surface area contributed by atoms with Crippen LogP contribution in [0.3, 0.4) is 0 Å². The lowest BCUT2D eigenvalue weighted by Gasteiger charge is -2.21. The van der Waals surface area contributed by atoms with Crippen LogP contribution in [0.5, 0.6) is 0 Å². The summed E-state index contributed by atoms with van der Waals surface area (Å²) in [6.45, 7) is 0.772. The number of hydrogen-bond acceptors (Lipinski definition) is 3. The second-order valence-corrected chi connectivity index (χ2v) is 5.06. The first-order valence-electron chi connectivity index (χ1n) is 6.46. The predicted molar refractivity (Wildman–Crippen MR) is 67.9 cm³/mol. The van der Waals surface area contributed by atoms with Crippen LogP contribution in [0.15, 0.2) is 24.3 Å². The van der Waals surface area contributed by atoms with Crippen molar-refractivity contribution in [3.05, 3.63) is 29.8 Å². The molecule has 2 aliphatic rings. The van der Waals surface area contributed by atoms with Crippen LogP contribution in [0.4, 0.5) is 5.69 Å². The Balaban J connectivity index is 1.77. The molecule has 1 aliphatic heterocycles. The third-order valence-electron chi connectivity index (χ3n) is 3.72. The number of nitrogens with one attached hydrogen (secondary N) is 1. The minimum atomic E-state index is -0.889. The largest absolute Gasteiger partial charge is 0.478 e. The fourth-order valence-electron chi connectivity index (χ4n) is 2.65. The summed E-state index contributed by atoms with van der Waals surface area (Å²) in [4.78, 5) is 11.2. The number of anilines is 1. The van der Waals surface area contributed by atoms with E-state index in [-0.39, 0.29) is 12.1 Å². The molecule has 0 aromatic heterocycles. The highest BCUT2D eigenvalue weighted by atomic mass is 16.5. The van der Waals surface area contributed by atoms with Crippen LogP contribution in [-0.2, 0) is 4.74 Å². The van der Waals surface area contributed by atoms with E-state index < -0.39 is 5.97 Å². The number of hydrogen-bond donors (Lipinski definition) is 2. The summed E-state index contributed by atoms with van der Waals surface area (Å²) in [5.74, 6) is -0.220. The van der Waals surface area contributed by atoms with E-state index in [2.05, 4.69) is 5.32 Å². The Bertz CT molecular complexity index is 456. The van der Waals surface area contributed by atoms with Crippen molar-refractivity contribution < 1.29 is 14.6 Å². The molecule has 2 N–H and O–H groups in total. The van der Waals surface area contributed by atoms with Gasteiger partial charge in [0.1, 0.15) is 0 Å². The zero-order chi connectivity index (χ0) is 12.5. The fourth-order valence-corrected chi connectivity index (χ4v) is 2.65. The van der Waals surface area contributed by atoms with E-state index in [4.69, 9.17) is 9.84 Å². The topological polar surface area (TPSA) is 58.6 Å². The summed E-state index contributed by atoms with van der Waals surface area (Å²) >= 11 is 0. The SMILES string of the molecule is O=C(O)c1ccccc1NC1CCOC1C1CC1. The summed E-state index contributed by atoms with van der Waals surface area (Å²) in [5, 5.41) is 12.5. The van der Waals surface area contributed by atoms with E-state index in [0.717, 1.165) is 13.0 Å². The molecule has 96 valence electrons. The highest BCUT2D eigenvalue weighted by molar-refractivity contribution is 5.94. The predicted octanol–water partition coefficient (Wildman–Crippen LogP) is 2.36. The van der Waals surface area contributed by atoms with Gasteiger partial charge in [0.15, 0.2) is 0 Å². The number of ether oxygens (including phenoxy) is 1. The number of carboxylic acid groups (broad SMARTS) is 1. The van der Waals surface area contributed by atoms with Crippen LogP contribution >= 0.6 is 0 Å². The summed E-state index contributed by atoms with van der Waals surface area (Å²) in [6.07, 6.45) is 3.69. The lowest BCUT2D eigenvalue weighted by molar-refractivity contribution is 0.0697. The molecular weight excluding hydrogens is 230 g/mol. The molecular formula is C14H17NO3. The molecule has 4 nitrogen and oxygen atoms in total. The highest BCUT2D eigenvalue weighted by Gasteiger charge is 2.40. The molecule has 2 fully saturated rings. The molecule has 0 bridgehead atoms. The molecule has 1 aromatic rings.